The zero-order valence-electron chi connectivity index (χ0n) is 10.3. The number of H-pyrrole nitrogens is 1. The Balaban J connectivity index is 2.06. The number of rotatable bonds is 4. The van der Waals surface area contributed by atoms with E-state index < -0.39 is 11.9 Å². The van der Waals surface area contributed by atoms with Gasteiger partial charge in [0.1, 0.15) is 5.69 Å². The minimum absolute atomic E-state index is 0.0737. The third-order valence-electron chi connectivity index (χ3n) is 2.47. The molecule has 0 aliphatic heterocycles. The van der Waals surface area contributed by atoms with Crippen molar-refractivity contribution in [3.63, 3.8) is 0 Å². The molecule has 0 atom stereocenters. The van der Waals surface area contributed by atoms with Crippen LogP contribution in [0.15, 0.2) is 41.5 Å². The van der Waals surface area contributed by atoms with Gasteiger partial charge in [-0.2, -0.15) is 0 Å². The van der Waals surface area contributed by atoms with Gasteiger partial charge in [-0.3, -0.25) is 14.4 Å². The molecular formula is C13H11N3O4. The van der Waals surface area contributed by atoms with Crippen LogP contribution in [0.5, 0.6) is 0 Å². The number of aromatic amines is 1. The molecule has 102 valence electrons. The second-order valence-electron chi connectivity index (χ2n) is 4.02. The lowest BCUT2D eigenvalue weighted by atomic mass is 10.1. The first-order chi connectivity index (χ1) is 9.54. The average Bonchev–Trinajstić information content (AvgIpc) is 2.41. The Kier molecular flexibility index (Phi) is 3.90. The third-order valence-corrected chi connectivity index (χ3v) is 2.47. The second-order valence-corrected chi connectivity index (χ2v) is 4.02. The van der Waals surface area contributed by atoms with Gasteiger partial charge in [0, 0.05) is 11.9 Å². The molecule has 2 rings (SSSR count). The number of aliphatic carboxylic acids is 1. The average molecular weight is 273 g/mol. The number of anilines is 1. The van der Waals surface area contributed by atoms with Crippen LogP contribution in [0.25, 0.3) is 0 Å². The van der Waals surface area contributed by atoms with Crippen molar-refractivity contribution in [1.82, 2.24) is 9.97 Å². The third kappa shape index (κ3) is 3.52. The van der Waals surface area contributed by atoms with Gasteiger partial charge in [-0.15, -0.1) is 0 Å². The van der Waals surface area contributed by atoms with Crippen molar-refractivity contribution < 1.29 is 14.7 Å². The molecule has 0 saturated heterocycles. The lowest BCUT2D eigenvalue weighted by Crippen LogP contribution is -2.16. The predicted molar refractivity (Wildman–Crippen MR) is 70.6 cm³/mol. The van der Waals surface area contributed by atoms with E-state index >= 15 is 0 Å². The fourth-order valence-electron chi connectivity index (χ4n) is 1.54. The van der Waals surface area contributed by atoms with Crippen molar-refractivity contribution >= 4 is 17.6 Å². The van der Waals surface area contributed by atoms with Crippen molar-refractivity contribution in [2.75, 3.05) is 5.32 Å². The summed E-state index contributed by atoms with van der Waals surface area (Å²) in [5.41, 5.74) is 0.841. The Morgan fingerprint density at radius 1 is 1.25 bits per heavy atom. The van der Waals surface area contributed by atoms with Gasteiger partial charge >= 0.3 is 5.97 Å². The van der Waals surface area contributed by atoms with Gasteiger partial charge in [0.2, 0.25) is 0 Å². The number of hydrogen-bond donors (Lipinski definition) is 3. The van der Waals surface area contributed by atoms with E-state index in [0.29, 0.717) is 11.3 Å². The summed E-state index contributed by atoms with van der Waals surface area (Å²) < 4.78 is 0. The molecule has 0 spiro atoms. The van der Waals surface area contributed by atoms with Gasteiger partial charge in [-0.05, 0) is 17.7 Å². The van der Waals surface area contributed by atoms with E-state index in [4.69, 9.17) is 5.11 Å². The fourth-order valence-corrected chi connectivity index (χ4v) is 1.54. The van der Waals surface area contributed by atoms with Crippen LogP contribution >= 0.6 is 0 Å². The minimum atomic E-state index is -0.917. The second kappa shape index (κ2) is 5.79. The molecule has 20 heavy (non-hydrogen) atoms. The summed E-state index contributed by atoms with van der Waals surface area (Å²) >= 11 is 0. The number of benzene rings is 1. The molecule has 0 saturated carbocycles. The zero-order valence-corrected chi connectivity index (χ0v) is 10.3. The molecule has 7 nitrogen and oxygen atoms in total. The first-order valence-corrected chi connectivity index (χ1v) is 5.71. The zero-order chi connectivity index (χ0) is 14.5. The number of nitrogens with one attached hydrogen (secondary N) is 2. The SMILES string of the molecule is O=C(O)Cc1ccc(NC(=O)c2c[nH]c(=O)cn2)cc1. The maximum absolute atomic E-state index is 11.8. The smallest absolute Gasteiger partial charge is 0.307 e. The Morgan fingerprint density at radius 3 is 2.50 bits per heavy atom. The van der Waals surface area contributed by atoms with Crippen LogP contribution in [0.1, 0.15) is 16.1 Å². The highest BCUT2D eigenvalue weighted by molar-refractivity contribution is 6.02. The standard InChI is InChI=1S/C13H11N3O4/c17-11-7-14-10(6-15-11)13(20)16-9-3-1-8(2-4-9)5-12(18)19/h1-4,6-7H,5H2,(H,15,17)(H,16,20)(H,18,19). The summed E-state index contributed by atoms with van der Waals surface area (Å²) in [6.07, 6.45) is 2.16. The normalized spacial score (nSPS) is 10.0. The first kappa shape index (κ1) is 13.5. The fraction of sp³-hybridized carbons (Fsp3) is 0.0769. The van der Waals surface area contributed by atoms with Crippen molar-refractivity contribution in [2.24, 2.45) is 0 Å². The molecule has 1 amide bonds. The minimum Gasteiger partial charge on any atom is -0.481 e. The summed E-state index contributed by atoms with van der Waals surface area (Å²) in [7, 11) is 0. The summed E-state index contributed by atoms with van der Waals surface area (Å²) in [5, 5.41) is 11.2. The van der Waals surface area contributed by atoms with E-state index in [0.717, 1.165) is 6.20 Å². The van der Waals surface area contributed by atoms with E-state index in [-0.39, 0.29) is 17.7 Å². The maximum Gasteiger partial charge on any atom is 0.307 e. The summed E-state index contributed by atoms with van der Waals surface area (Å²) in [4.78, 5) is 39.2. The van der Waals surface area contributed by atoms with Crippen LogP contribution in [-0.4, -0.2) is 27.0 Å². The van der Waals surface area contributed by atoms with Gasteiger partial charge in [-0.25, -0.2) is 4.98 Å². The van der Waals surface area contributed by atoms with E-state index in [1.165, 1.54) is 6.20 Å². The number of carbonyl (C=O) groups excluding carboxylic acids is 1. The molecule has 1 aromatic heterocycles. The monoisotopic (exact) mass is 273 g/mol. The lowest BCUT2D eigenvalue weighted by molar-refractivity contribution is -0.136. The Morgan fingerprint density at radius 2 is 1.95 bits per heavy atom. The van der Waals surface area contributed by atoms with Crippen LogP contribution < -0.4 is 10.9 Å². The van der Waals surface area contributed by atoms with Gasteiger partial charge in [0.05, 0.1) is 12.6 Å². The highest BCUT2D eigenvalue weighted by Crippen LogP contribution is 2.11. The molecule has 1 aromatic carbocycles. The molecule has 0 unspecified atom stereocenters. The Labute approximate surface area is 113 Å². The van der Waals surface area contributed by atoms with E-state index in [9.17, 15) is 14.4 Å². The van der Waals surface area contributed by atoms with Crippen LogP contribution in [0.3, 0.4) is 0 Å². The summed E-state index contributed by atoms with van der Waals surface area (Å²) in [5.74, 6) is -1.38. The number of amides is 1. The molecule has 2 aromatic rings. The largest absolute Gasteiger partial charge is 0.481 e. The summed E-state index contributed by atoms with van der Waals surface area (Å²) in [6, 6.07) is 6.43. The number of carboxylic acids is 1. The number of carboxylic acid groups (broad SMARTS) is 1. The van der Waals surface area contributed by atoms with Crippen molar-refractivity contribution in [3.05, 3.63) is 58.3 Å². The molecule has 0 bridgehead atoms. The van der Waals surface area contributed by atoms with Crippen molar-refractivity contribution in [3.8, 4) is 0 Å². The summed E-state index contributed by atoms with van der Waals surface area (Å²) in [6.45, 7) is 0. The molecular weight excluding hydrogens is 262 g/mol. The van der Waals surface area contributed by atoms with Crippen LogP contribution in [0.4, 0.5) is 5.69 Å². The van der Waals surface area contributed by atoms with Gasteiger partial charge in [0.25, 0.3) is 11.5 Å². The molecule has 0 radical (unpaired) electrons. The van der Waals surface area contributed by atoms with Gasteiger partial charge < -0.3 is 15.4 Å². The Bertz CT molecular complexity index is 671. The molecule has 7 heteroatoms. The van der Waals surface area contributed by atoms with Crippen LogP contribution in [0, 0.1) is 0 Å². The van der Waals surface area contributed by atoms with Crippen LogP contribution in [0.2, 0.25) is 0 Å². The predicted octanol–water partition coefficient (Wildman–Crippen LogP) is 0.649. The van der Waals surface area contributed by atoms with E-state index in [1.807, 2.05) is 0 Å². The molecule has 0 aliphatic rings. The number of nitrogens with zero attached hydrogens (tertiary/aromatic N) is 1. The van der Waals surface area contributed by atoms with Gasteiger partial charge in [-0.1, -0.05) is 12.1 Å². The van der Waals surface area contributed by atoms with Crippen LogP contribution in [-0.2, 0) is 11.2 Å². The highest BCUT2D eigenvalue weighted by Gasteiger charge is 2.08. The molecule has 1 heterocycles. The number of aromatic nitrogens is 2. The highest BCUT2D eigenvalue weighted by atomic mass is 16.4. The molecule has 0 aliphatic carbocycles. The first-order valence-electron chi connectivity index (χ1n) is 5.71. The number of carbonyl (C=O) groups is 2. The maximum atomic E-state index is 11.8. The lowest BCUT2D eigenvalue weighted by Gasteiger charge is -2.05. The molecule has 3 N–H and O–H groups in total. The van der Waals surface area contributed by atoms with Gasteiger partial charge in [0.15, 0.2) is 0 Å². The van der Waals surface area contributed by atoms with E-state index in [2.05, 4.69) is 15.3 Å². The topological polar surface area (TPSA) is 112 Å². The van der Waals surface area contributed by atoms with Crippen molar-refractivity contribution in [1.29, 1.82) is 0 Å². The number of hydrogen-bond acceptors (Lipinski definition) is 4. The van der Waals surface area contributed by atoms with E-state index in [1.54, 1.807) is 24.3 Å². The Hall–Kier alpha value is -2.96. The van der Waals surface area contributed by atoms with Crippen molar-refractivity contribution in [2.45, 2.75) is 6.42 Å². The quantitative estimate of drug-likeness (QED) is 0.757. The molecule has 0 fully saturated rings.